The summed E-state index contributed by atoms with van der Waals surface area (Å²) >= 11 is 6.03. The van der Waals surface area contributed by atoms with Crippen LogP contribution in [-0.2, 0) is 6.42 Å². The molecule has 1 aromatic rings. The second kappa shape index (κ2) is 5.29. The maximum Gasteiger partial charge on any atom is 0.0437 e. The zero-order valence-corrected chi connectivity index (χ0v) is 9.19. The van der Waals surface area contributed by atoms with Gasteiger partial charge in [0, 0.05) is 5.02 Å². The van der Waals surface area contributed by atoms with E-state index in [2.05, 4.69) is 25.1 Å². The predicted molar refractivity (Wildman–Crippen MR) is 59.4 cm³/mol. The Morgan fingerprint density at radius 3 is 2.62 bits per heavy atom. The van der Waals surface area contributed by atoms with Gasteiger partial charge in [0.1, 0.15) is 0 Å². The number of aryl methyl sites for hydroxylation is 2. The quantitative estimate of drug-likeness (QED) is 0.627. The monoisotopic (exact) mass is 196 g/mol. The van der Waals surface area contributed by atoms with Gasteiger partial charge in [-0.05, 0) is 37.0 Å². The molecule has 0 heterocycles. The summed E-state index contributed by atoms with van der Waals surface area (Å²) in [6.45, 7) is 4.26. The predicted octanol–water partition coefficient (Wildman–Crippen LogP) is 4.38. The van der Waals surface area contributed by atoms with Gasteiger partial charge in [0.25, 0.3) is 0 Å². The van der Waals surface area contributed by atoms with Gasteiger partial charge in [0.15, 0.2) is 0 Å². The molecular formula is C12H17Cl. The lowest BCUT2D eigenvalue weighted by Crippen LogP contribution is -1.86. The van der Waals surface area contributed by atoms with E-state index in [0.29, 0.717) is 0 Å². The Labute approximate surface area is 85.9 Å². The van der Waals surface area contributed by atoms with Gasteiger partial charge in [0.05, 0.1) is 0 Å². The van der Waals surface area contributed by atoms with E-state index in [1.165, 1.54) is 30.4 Å². The molecule has 0 aromatic heterocycles. The highest BCUT2D eigenvalue weighted by atomic mass is 35.5. The Kier molecular flexibility index (Phi) is 4.31. The van der Waals surface area contributed by atoms with Crippen LogP contribution in [0.5, 0.6) is 0 Å². The minimum absolute atomic E-state index is 0.897. The summed E-state index contributed by atoms with van der Waals surface area (Å²) in [6, 6.07) is 6.37. The molecule has 0 bridgehead atoms. The van der Waals surface area contributed by atoms with Crippen LogP contribution in [0.3, 0.4) is 0 Å². The fraction of sp³-hybridized carbons (Fsp3) is 0.500. The number of benzene rings is 1. The van der Waals surface area contributed by atoms with Crippen LogP contribution in [0.25, 0.3) is 0 Å². The second-order valence-corrected chi connectivity index (χ2v) is 3.95. The van der Waals surface area contributed by atoms with Gasteiger partial charge >= 0.3 is 0 Å². The Bertz CT molecular complexity index is 266. The van der Waals surface area contributed by atoms with Gasteiger partial charge in [-0.1, -0.05) is 43.5 Å². The molecule has 0 nitrogen and oxygen atoms in total. The van der Waals surface area contributed by atoms with Crippen molar-refractivity contribution in [2.45, 2.75) is 39.5 Å². The summed E-state index contributed by atoms with van der Waals surface area (Å²) in [6.07, 6.45) is 5.02. The fourth-order valence-electron chi connectivity index (χ4n) is 1.37. The van der Waals surface area contributed by atoms with Crippen molar-refractivity contribution in [1.82, 2.24) is 0 Å². The molecule has 0 fully saturated rings. The van der Waals surface area contributed by atoms with Crippen LogP contribution in [-0.4, -0.2) is 0 Å². The average Bonchev–Trinajstić information content (AvgIpc) is 2.12. The van der Waals surface area contributed by atoms with Gasteiger partial charge in [0.2, 0.25) is 0 Å². The van der Waals surface area contributed by atoms with E-state index in [4.69, 9.17) is 11.6 Å². The number of hydrogen-bond donors (Lipinski definition) is 0. The first-order valence-corrected chi connectivity index (χ1v) is 5.37. The molecule has 0 N–H and O–H groups in total. The van der Waals surface area contributed by atoms with E-state index < -0.39 is 0 Å². The van der Waals surface area contributed by atoms with Crippen molar-refractivity contribution < 1.29 is 0 Å². The molecule has 0 radical (unpaired) electrons. The number of hydrogen-bond acceptors (Lipinski definition) is 0. The minimum atomic E-state index is 0.897. The lowest BCUT2D eigenvalue weighted by Gasteiger charge is -2.03. The van der Waals surface area contributed by atoms with Crippen molar-refractivity contribution in [2.24, 2.45) is 0 Å². The lowest BCUT2D eigenvalue weighted by molar-refractivity contribution is 0.717. The maximum atomic E-state index is 6.03. The van der Waals surface area contributed by atoms with E-state index in [-0.39, 0.29) is 0 Å². The first-order chi connectivity index (χ1) is 6.24. The third kappa shape index (κ3) is 3.40. The summed E-state index contributed by atoms with van der Waals surface area (Å²) in [4.78, 5) is 0. The van der Waals surface area contributed by atoms with Crippen LogP contribution in [0.15, 0.2) is 18.2 Å². The van der Waals surface area contributed by atoms with Crippen LogP contribution >= 0.6 is 11.6 Å². The molecule has 1 heteroatoms. The third-order valence-electron chi connectivity index (χ3n) is 2.31. The molecule has 0 amide bonds. The van der Waals surface area contributed by atoms with Crippen molar-refractivity contribution in [3.8, 4) is 0 Å². The highest BCUT2D eigenvalue weighted by molar-refractivity contribution is 6.31. The summed E-state index contributed by atoms with van der Waals surface area (Å²) in [5.74, 6) is 0. The molecule has 72 valence electrons. The second-order valence-electron chi connectivity index (χ2n) is 3.54. The summed E-state index contributed by atoms with van der Waals surface area (Å²) in [5, 5.41) is 0.897. The van der Waals surface area contributed by atoms with Crippen LogP contribution in [0.2, 0.25) is 5.02 Å². The highest BCUT2D eigenvalue weighted by Crippen LogP contribution is 2.18. The van der Waals surface area contributed by atoms with E-state index in [9.17, 15) is 0 Å². The number of halogens is 1. The molecular weight excluding hydrogens is 180 g/mol. The van der Waals surface area contributed by atoms with Gasteiger partial charge in [-0.3, -0.25) is 0 Å². The average molecular weight is 197 g/mol. The highest BCUT2D eigenvalue weighted by Gasteiger charge is 1.97. The summed E-state index contributed by atoms with van der Waals surface area (Å²) < 4.78 is 0. The summed E-state index contributed by atoms with van der Waals surface area (Å²) in [5.41, 5.74) is 2.53. The van der Waals surface area contributed by atoms with E-state index in [1.54, 1.807) is 0 Å². The topological polar surface area (TPSA) is 0 Å². The molecule has 13 heavy (non-hydrogen) atoms. The first kappa shape index (κ1) is 10.6. The Morgan fingerprint density at radius 1 is 1.23 bits per heavy atom. The van der Waals surface area contributed by atoms with Gasteiger partial charge < -0.3 is 0 Å². The zero-order chi connectivity index (χ0) is 9.68. The molecule has 0 spiro atoms. The maximum absolute atomic E-state index is 6.03. The SMILES string of the molecule is CCCCCc1ccc(C)c(Cl)c1. The zero-order valence-electron chi connectivity index (χ0n) is 8.44. The van der Waals surface area contributed by atoms with Crippen molar-refractivity contribution in [3.05, 3.63) is 34.3 Å². The van der Waals surface area contributed by atoms with Crippen LogP contribution in [0, 0.1) is 6.92 Å². The van der Waals surface area contributed by atoms with E-state index >= 15 is 0 Å². The number of rotatable bonds is 4. The van der Waals surface area contributed by atoms with Crippen LogP contribution in [0.4, 0.5) is 0 Å². The minimum Gasteiger partial charge on any atom is -0.0840 e. The van der Waals surface area contributed by atoms with Crippen LogP contribution < -0.4 is 0 Å². The van der Waals surface area contributed by atoms with Crippen molar-refractivity contribution in [2.75, 3.05) is 0 Å². The molecule has 1 aromatic carbocycles. The van der Waals surface area contributed by atoms with Crippen molar-refractivity contribution in [1.29, 1.82) is 0 Å². The molecule has 0 atom stereocenters. The Balaban J connectivity index is 2.53. The van der Waals surface area contributed by atoms with Crippen molar-refractivity contribution in [3.63, 3.8) is 0 Å². The number of unbranched alkanes of at least 4 members (excludes halogenated alkanes) is 2. The molecule has 1 rings (SSSR count). The molecule has 0 aliphatic heterocycles. The van der Waals surface area contributed by atoms with Gasteiger partial charge in [-0.25, -0.2) is 0 Å². The molecule has 0 unspecified atom stereocenters. The van der Waals surface area contributed by atoms with Crippen molar-refractivity contribution >= 4 is 11.6 Å². The van der Waals surface area contributed by atoms with Gasteiger partial charge in [-0.2, -0.15) is 0 Å². The van der Waals surface area contributed by atoms with E-state index in [0.717, 1.165) is 11.4 Å². The molecule has 0 aliphatic rings. The molecule has 0 saturated heterocycles. The Hall–Kier alpha value is -0.490. The van der Waals surface area contributed by atoms with E-state index in [1.807, 2.05) is 6.92 Å². The van der Waals surface area contributed by atoms with Crippen LogP contribution in [0.1, 0.15) is 37.3 Å². The first-order valence-electron chi connectivity index (χ1n) is 4.99. The molecule has 0 saturated carbocycles. The summed E-state index contributed by atoms with van der Waals surface area (Å²) in [7, 11) is 0. The normalized spacial score (nSPS) is 10.4. The standard InChI is InChI=1S/C12H17Cl/c1-3-4-5-6-11-8-7-10(2)12(13)9-11/h7-9H,3-6H2,1-2H3. The molecule has 0 aliphatic carbocycles. The third-order valence-corrected chi connectivity index (χ3v) is 2.71. The smallest absolute Gasteiger partial charge is 0.0437 e. The lowest BCUT2D eigenvalue weighted by atomic mass is 10.1. The fourth-order valence-corrected chi connectivity index (χ4v) is 1.57. The van der Waals surface area contributed by atoms with Gasteiger partial charge in [-0.15, -0.1) is 0 Å². The largest absolute Gasteiger partial charge is 0.0840 e. The Morgan fingerprint density at radius 2 is 2.00 bits per heavy atom.